The van der Waals surface area contributed by atoms with E-state index in [-0.39, 0.29) is 36.0 Å². The van der Waals surface area contributed by atoms with Crippen LogP contribution in [0.5, 0.6) is 0 Å². The van der Waals surface area contributed by atoms with Crippen molar-refractivity contribution in [3.8, 4) is 0 Å². The molecule has 1 saturated heterocycles. The predicted molar refractivity (Wildman–Crippen MR) is 91.7 cm³/mol. The van der Waals surface area contributed by atoms with Crippen molar-refractivity contribution < 1.29 is 14.4 Å². The van der Waals surface area contributed by atoms with E-state index in [1.54, 1.807) is 17.2 Å². The number of pyridine rings is 1. The molecule has 0 aliphatic carbocycles. The van der Waals surface area contributed by atoms with E-state index in [0.29, 0.717) is 24.2 Å². The molecule has 1 N–H and O–H groups in total. The van der Waals surface area contributed by atoms with Crippen LogP contribution in [0.1, 0.15) is 56.8 Å². The molecule has 0 radical (unpaired) electrons. The highest BCUT2D eigenvalue weighted by Gasteiger charge is 2.25. The third-order valence-corrected chi connectivity index (χ3v) is 4.26. The Morgan fingerprint density at radius 2 is 2.04 bits per heavy atom. The second-order valence-corrected chi connectivity index (χ2v) is 6.59. The molecule has 0 aromatic carbocycles. The van der Waals surface area contributed by atoms with Gasteiger partial charge in [-0.2, -0.15) is 0 Å². The van der Waals surface area contributed by atoms with Crippen LogP contribution in [0, 0.1) is 5.92 Å². The van der Waals surface area contributed by atoms with Gasteiger partial charge in [-0.05, 0) is 25.8 Å². The molecule has 0 bridgehead atoms. The minimum absolute atomic E-state index is 0.0577. The first kappa shape index (κ1) is 18.1. The first-order valence-corrected chi connectivity index (χ1v) is 8.47. The van der Waals surface area contributed by atoms with Gasteiger partial charge < -0.3 is 10.2 Å². The molecule has 6 nitrogen and oxygen atoms in total. The van der Waals surface area contributed by atoms with Gasteiger partial charge in [0.05, 0.1) is 11.3 Å². The van der Waals surface area contributed by atoms with Gasteiger partial charge in [-0.3, -0.25) is 19.4 Å². The van der Waals surface area contributed by atoms with Gasteiger partial charge in [-0.1, -0.05) is 13.8 Å². The highest BCUT2D eigenvalue weighted by molar-refractivity contribution is 6.05. The predicted octanol–water partition coefficient (Wildman–Crippen LogP) is 2.65. The molecular formula is C18H25N3O3. The summed E-state index contributed by atoms with van der Waals surface area (Å²) >= 11 is 0. The molecule has 1 aliphatic rings. The molecule has 2 amide bonds. The Balaban J connectivity index is 2.02. The quantitative estimate of drug-likeness (QED) is 0.813. The largest absolute Gasteiger partial charge is 0.339 e. The number of rotatable bonds is 6. The number of piperidine rings is 1. The number of hydrogen-bond donors (Lipinski definition) is 1. The van der Waals surface area contributed by atoms with Gasteiger partial charge in [0.15, 0.2) is 5.78 Å². The summed E-state index contributed by atoms with van der Waals surface area (Å²) in [6.45, 7) is 6.21. The van der Waals surface area contributed by atoms with Gasteiger partial charge in [-0.25, -0.2) is 0 Å². The number of anilines is 1. The molecule has 0 spiro atoms. The second kappa shape index (κ2) is 8.04. The first-order valence-electron chi connectivity index (χ1n) is 8.47. The standard InChI is InChI=1S/C18H25N3O3/c1-12(2)18(24)14-11-19-8-7-15(14)20-16(22)10-13(3)21-9-5-4-6-17(21)23/h7-8,11-13H,4-6,9-10H2,1-3H3,(H,19,20,22)/t13-/m1/s1. The lowest BCUT2D eigenvalue weighted by Gasteiger charge is -2.32. The lowest BCUT2D eigenvalue weighted by molar-refractivity contribution is -0.136. The van der Waals surface area contributed by atoms with Crippen LogP contribution in [0.25, 0.3) is 0 Å². The van der Waals surface area contributed by atoms with Crippen LogP contribution in [0.3, 0.4) is 0 Å². The average molecular weight is 331 g/mol. The zero-order chi connectivity index (χ0) is 17.7. The van der Waals surface area contributed by atoms with Crippen LogP contribution >= 0.6 is 0 Å². The van der Waals surface area contributed by atoms with Crippen molar-refractivity contribution in [2.45, 2.75) is 52.5 Å². The highest BCUT2D eigenvalue weighted by Crippen LogP contribution is 2.20. The van der Waals surface area contributed by atoms with E-state index in [1.807, 2.05) is 20.8 Å². The molecule has 24 heavy (non-hydrogen) atoms. The number of ketones is 1. The van der Waals surface area contributed by atoms with Gasteiger partial charge in [0.2, 0.25) is 11.8 Å². The molecular weight excluding hydrogens is 306 g/mol. The Hall–Kier alpha value is -2.24. The van der Waals surface area contributed by atoms with Gasteiger partial charge in [0.1, 0.15) is 0 Å². The summed E-state index contributed by atoms with van der Waals surface area (Å²) in [5.41, 5.74) is 0.897. The molecule has 0 unspecified atom stereocenters. The molecule has 1 fully saturated rings. The molecule has 2 heterocycles. The lowest BCUT2D eigenvalue weighted by Crippen LogP contribution is -2.43. The number of amides is 2. The summed E-state index contributed by atoms with van der Waals surface area (Å²) in [7, 11) is 0. The topological polar surface area (TPSA) is 79.4 Å². The van der Waals surface area contributed by atoms with Crippen LogP contribution in [0.2, 0.25) is 0 Å². The van der Waals surface area contributed by atoms with Gasteiger partial charge in [-0.15, -0.1) is 0 Å². The third kappa shape index (κ3) is 4.40. The van der Waals surface area contributed by atoms with Crippen LogP contribution < -0.4 is 5.32 Å². The first-order chi connectivity index (χ1) is 11.4. The van der Waals surface area contributed by atoms with Crippen molar-refractivity contribution in [3.63, 3.8) is 0 Å². The van der Waals surface area contributed by atoms with Crippen molar-refractivity contribution in [1.29, 1.82) is 0 Å². The molecule has 130 valence electrons. The number of carbonyl (C=O) groups is 3. The van der Waals surface area contributed by atoms with Gasteiger partial charge in [0, 0.05) is 43.7 Å². The number of hydrogen-bond acceptors (Lipinski definition) is 4. The van der Waals surface area contributed by atoms with Crippen molar-refractivity contribution in [2.75, 3.05) is 11.9 Å². The van der Waals surface area contributed by atoms with Gasteiger partial charge in [0.25, 0.3) is 0 Å². The van der Waals surface area contributed by atoms with Crippen LogP contribution in [-0.2, 0) is 9.59 Å². The summed E-state index contributed by atoms with van der Waals surface area (Å²) in [6, 6.07) is 1.48. The summed E-state index contributed by atoms with van der Waals surface area (Å²) in [4.78, 5) is 42.2. The number of Topliss-reactive ketones (excluding diaryl/α,β-unsaturated/α-hetero) is 1. The molecule has 1 aromatic heterocycles. The molecule has 0 saturated carbocycles. The highest BCUT2D eigenvalue weighted by atomic mass is 16.2. The van der Waals surface area contributed by atoms with Crippen molar-refractivity contribution in [1.82, 2.24) is 9.88 Å². The Kier molecular flexibility index (Phi) is 6.06. The number of nitrogens with zero attached hydrogens (tertiary/aromatic N) is 2. The maximum Gasteiger partial charge on any atom is 0.226 e. The Morgan fingerprint density at radius 3 is 2.71 bits per heavy atom. The number of likely N-dealkylation sites (tertiary alicyclic amines) is 1. The lowest BCUT2D eigenvalue weighted by atomic mass is 10.0. The van der Waals surface area contributed by atoms with E-state index in [4.69, 9.17) is 0 Å². The Morgan fingerprint density at radius 1 is 1.29 bits per heavy atom. The number of aromatic nitrogens is 1. The number of nitrogens with one attached hydrogen (secondary N) is 1. The molecule has 1 atom stereocenters. The fourth-order valence-corrected chi connectivity index (χ4v) is 2.88. The van der Waals surface area contributed by atoms with E-state index in [0.717, 1.165) is 12.8 Å². The van der Waals surface area contributed by atoms with E-state index < -0.39 is 0 Å². The third-order valence-electron chi connectivity index (χ3n) is 4.26. The van der Waals surface area contributed by atoms with E-state index in [2.05, 4.69) is 10.3 Å². The normalized spacial score (nSPS) is 16.2. The molecule has 2 rings (SSSR count). The summed E-state index contributed by atoms with van der Waals surface area (Å²) in [5, 5.41) is 2.79. The van der Waals surface area contributed by atoms with Crippen molar-refractivity contribution in [3.05, 3.63) is 24.0 Å². The summed E-state index contributed by atoms with van der Waals surface area (Å²) in [6.07, 6.45) is 5.70. The zero-order valence-electron chi connectivity index (χ0n) is 14.5. The zero-order valence-corrected chi connectivity index (χ0v) is 14.5. The monoisotopic (exact) mass is 331 g/mol. The van der Waals surface area contributed by atoms with E-state index in [1.165, 1.54) is 6.20 Å². The summed E-state index contributed by atoms with van der Waals surface area (Å²) < 4.78 is 0. The van der Waals surface area contributed by atoms with Crippen molar-refractivity contribution in [2.24, 2.45) is 5.92 Å². The second-order valence-electron chi connectivity index (χ2n) is 6.59. The maximum atomic E-state index is 12.3. The SMILES string of the molecule is CC(C)C(=O)c1cnccc1NC(=O)C[C@@H](C)N1CCCCC1=O. The Labute approximate surface area is 142 Å². The van der Waals surface area contributed by atoms with Crippen molar-refractivity contribution >= 4 is 23.3 Å². The van der Waals surface area contributed by atoms with E-state index in [9.17, 15) is 14.4 Å². The van der Waals surface area contributed by atoms with Crippen LogP contribution in [0.15, 0.2) is 18.5 Å². The van der Waals surface area contributed by atoms with Crippen LogP contribution in [0.4, 0.5) is 5.69 Å². The molecule has 6 heteroatoms. The minimum Gasteiger partial charge on any atom is -0.339 e. The summed E-state index contributed by atoms with van der Waals surface area (Å²) in [5.74, 6) is -0.321. The van der Waals surface area contributed by atoms with Gasteiger partial charge >= 0.3 is 0 Å². The average Bonchev–Trinajstić information content (AvgIpc) is 2.54. The fourth-order valence-electron chi connectivity index (χ4n) is 2.88. The number of carbonyl (C=O) groups excluding carboxylic acids is 3. The smallest absolute Gasteiger partial charge is 0.226 e. The minimum atomic E-state index is -0.204. The molecule has 1 aliphatic heterocycles. The maximum absolute atomic E-state index is 12.3. The molecule has 1 aromatic rings. The van der Waals surface area contributed by atoms with Crippen LogP contribution in [-0.4, -0.2) is 40.1 Å². The Bertz CT molecular complexity index is 628. The fraction of sp³-hybridized carbons (Fsp3) is 0.556. The van der Waals surface area contributed by atoms with E-state index >= 15 is 0 Å².